The summed E-state index contributed by atoms with van der Waals surface area (Å²) in [5, 5.41) is 21.2. The monoisotopic (exact) mass is 348 g/mol. The molecule has 0 amide bonds. The van der Waals surface area contributed by atoms with Gasteiger partial charge in [-0.3, -0.25) is 0 Å². The Labute approximate surface area is 154 Å². The minimum Gasteiger partial charge on any atom is -0.393 e. The number of fused-ring (bicyclic) bond motifs is 5. The van der Waals surface area contributed by atoms with Crippen molar-refractivity contribution in [3.05, 3.63) is 0 Å². The Bertz CT molecular complexity index is 514. The first kappa shape index (κ1) is 18.3. The number of aliphatic hydroxyl groups excluding tert-OH is 1. The van der Waals surface area contributed by atoms with Crippen LogP contribution in [0.3, 0.4) is 0 Å². The molecular weight excluding hydrogens is 308 g/mol. The lowest BCUT2D eigenvalue weighted by Crippen LogP contribution is -2.55. The van der Waals surface area contributed by atoms with E-state index in [0.29, 0.717) is 16.7 Å². The first-order chi connectivity index (χ1) is 11.7. The van der Waals surface area contributed by atoms with Crippen LogP contribution in [0.2, 0.25) is 0 Å². The highest BCUT2D eigenvalue weighted by molar-refractivity contribution is 5.10. The molecule has 0 heterocycles. The molecule has 0 aliphatic heterocycles. The number of aliphatic hydroxyl groups is 2. The number of rotatable bonds is 2. The molecule has 3 unspecified atom stereocenters. The molecule has 4 rings (SSSR count). The fraction of sp³-hybridized carbons (Fsp3) is 1.00. The summed E-state index contributed by atoms with van der Waals surface area (Å²) in [5.41, 5.74) is 0.401. The van der Waals surface area contributed by atoms with Crippen molar-refractivity contribution < 1.29 is 10.2 Å². The van der Waals surface area contributed by atoms with Crippen LogP contribution in [-0.4, -0.2) is 21.9 Å². The van der Waals surface area contributed by atoms with E-state index in [0.717, 1.165) is 42.9 Å². The van der Waals surface area contributed by atoms with Gasteiger partial charge in [0.1, 0.15) is 0 Å². The van der Waals surface area contributed by atoms with Crippen LogP contribution in [-0.2, 0) is 0 Å². The van der Waals surface area contributed by atoms with Crippen LogP contribution in [0.5, 0.6) is 0 Å². The van der Waals surface area contributed by atoms with Gasteiger partial charge < -0.3 is 10.2 Å². The van der Waals surface area contributed by atoms with Crippen molar-refractivity contribution in [3.63, 3.8) is 0 Å². The maximum atomic E-state index is 10.6. The standard InChI is InChI=1S/C23H40O2/c1-5-20(24)19-9-8-17-16-7-6-15-14-21(2,25)12-13-22(15,3)18(16)10-11-23(17,19)4/h15-20,24-25H,5-14H2,1-4H3/t15?,16-,17-,18-,19+,20?,21?,22-,23-/m0/s1. The average molecular weight is 349 g/mol. The first-order valence-corrected chi connectivity index (χ1v) is 11.1. The summed E-state index contributed by atoms with van der Waals surface area (Å²) in [5.74, 6) is 3.81. The molecule has 0 saturated heterocycles. The van der Waals surface area contributed by atoms with E-state index in [4.69, 9.17) is 0 Å². The van der Waals surface area contributed by atoms with Crippen LogP contribution in [0.25, 0.3) is 0 Å². The lowest BCUT2D eigenvalue weighted by Gasteiger charge is -2.62. The molecular formula is C23H40O2. The largest absolute Gasteiger partial charge is 0.393 e. The quantitative estimate of drug-likeness (QED) is 0.723. The average Bonchev–Trinajstić information content (AvgIpc) is 2.92. The third-order valence-corrected chi connectivity index (χ3v) is 9.91. The normalized spacial score (nSPS) is 56.6. The third kappa shape index (κ3) is 2.64. The molecule has 144 valence electrons. The second kappa shape index (κ2) is 5.96. The number of hydrogen-bond donors (Lipinski definition) is 2. The second-order valence-electron chi connectivity index (χ2n) is 11.1. The van der Waals surface area contributed by atoms with Gasteiger partial charge in [-0.15, -0.1) is 0 Å². The van der Waals surface area contributed by atoms with Crippen LogP contribution in [0, 0.1) is 40.4 Å². The highest BCUT2D eigenvalue weighted by Gasteiger charge is 2.61. The number of hydrogen-bond acceptors (Lipinski definition) is 2. The second-order valence-corrected chi connectivity index (χ2v) is 11.1. The molecule has 4 fully saturated rings. The Kier molecular flexibility index (Phi) is 4.36. The van der Waals surface area contributed by atoms with E-state index in [1.54, 1.807) is 0 Å². The van der Waals surface area contributed by atoms with Crippen molar-refractivity contribution >= 4 is 0 Å². The molecule has 4 saturated carbocycles. The van der Waals surface area contributed by atoms with Crippen LogP contribution < -0.4 is 0 Å². The Morgan fingerprint density at radius 2 is 1.60 bits per heavy atom. The van der Waals surface area contributed by atoms with E-state index in [9.17, 15) is 10.2 Å². The molecule has 0 bridgehead atoms. The molecule has 4 aliphatic carbocycles. The van der Waals surface area contributed by atoms with E-state index >= 15 is 0 Å². The lowest BCUT2D eigenvalue weighted by atomic mass is 9.44. The topological polar surface area (TPSA) is 40.5 Å². The van der Waals surface area contributed by atoms with Gasteiger partial charge in [-0.05, 0) is 112 Å². The zero-order valence-electron chi connectivity index (χ0n) is 16.9. The summed E-state index contributed by atoms with van der Waals surface area (Å²) in [4.78, 5) is 0. The van der Waals surface area contributed by atoms with Crippen molar-refractivity contribution in [2.75, 3.05) is 0 Å². The van der Waals surface area contributed by atoms with Crippen molar-refractivity contribution in [3.8, 4) is 0 Å². The van der Waals surface area contributed by atoms with Gasteiger partial charge in [0.05, 0.1) is 11.7 Å². The molecule has 2 heteroatoms. The molecule has 0 aromatic heterocycles. The minimum atomic E-state index is -0.427. The van der Waals surface area contributed by atoms with Crippen molar-refractivity contribution in [1.29, 1.82) is 0 Å². The summed E-state index contributed by atoms with van der Waals surface area (Å²) in [6, 6.07) is 0. The Hall–Kier alpha value is -0.0800. The van der Waals surface area contributed by atoms with Crippen LogP contribution >= 0.6 is 0 Å². The van der Waals surface area contributed by atoms with E-state index in [1.165, 1.54) is 44.9 Å². The van der Waals surface area contributed by atoms with Gasteiger partial charge in [0.2, 0.25) is 0 Å². The Morgan fingerprint density at radius 3 is 2.32 bits per heavy atom. The van der Waals surface area contributed by atoms with Gasteiger partial charge in [-0.1, -0.05) is 20.8 Å². The van der Waals surface area contributed by atoms with Gasteiger partial charge in [-0.2, -0.15) is 0 Å². The molecule has 2 nitrogen and oxygen atoms in total. The fourth-order valence-electron chi connectivity index (χ4n) is 8.39. The molecule has 0 aromatic carbocycles. The van der Waals surface area contributed by atoms with E-state index in [-0.39, 0.29) is 6.10 Å². The van der Waals surface area contributed by atoms with Crippen LogP contribution in [0.4, 0.5) is 0 Å². The summed E-state index contributed by atoms with van der Waals surface area (Å²) in [6.45, 7) is 9.29. The van der Waals surface area contributed by atoms with E-state index < -0.39 is 5.60 Å². The van der Waals surface area contributed by atoms with Crippen molar-refractivity contribution in [1.82, 2.24) is 0 Å². The van der Waals surface area contributed by atoms with Gasteiger partial charge in [0.15, 0.2) is 0 Å². The molecule has 9 atom stereocenters. The SMILES string of the molecule is CCC(O)[C@H]1CC[C@H]2[C@@H]3CCC4CC(C)(O)CC[C@]4(C)[C@H]3CC[C@]12C. The van der Waals surface area contributed by atoms with Crippen LogP contribution in [0.15, 0.2) is 0 Å². The fourth-order valence-corrected chi connectivity index (χ4v) is 8.39. The lowest BCUT2D eigenvalue weighted by molar-refractivity contribution is -0.150. The molecule has 4 aliphatic rings. The molecule has 0 spiro atoms. The zero-order valence-corrected chi connectivity index (χ0v) is 16.9. The summed E-state index contributed by atoms with van der Waals surface area (Å²) >= 11 is 0. The zero-order chi connectivity index (χ0) is 18.0. The smallest absolute Gasteiger partial charge is 0.0622 e. The van der Waals surface area contributed by atoms with Gasteiger partial charge in [-0.25, -0.2) is 0 Å². The summed E-state index contributed by atoms with van der Waals surface area (Å²) in [6.07, 6.45) is 12.0. The highest BCUT2D eigenvalue weighted by Crippen LogP contribution is 2.68. The molecule has 0 aromatic rings. The summed E-state index contributed by atoms with van der Waals surface area (Å²) in [7, 11) is 0. The van der Waals surface area contributed by atoms with Gasteiger partial charge in [0.25, 0.3) is 0 Å². The van der Waals surface area contributed by atoms with Gasteiger partial charge in [0, 0.05) is 0 Å². The maximum absolute atomic E-state index is 10.6. The predicted octanol–water partition coefficient (Wildman–Crippen LogP) is 5.17. The molecule has 2 N–H and O–H groups in total. The van der Waals surface area contributed by atoms with E-state index in [1.807, 2.05) is 0 Å². The maximum Gasteiger partial charge on any atom is 0.0622 e. The molecule has 25 heavy (non-hydrogen) atoms. The Morgan fingerprint density at radius 1 is 0.880 bits per heavy atom. The summed E-state index contributed by atoms with van der Waals surface area (Å²) < 4.78 is 0. The van der Waals surface area contributed by atoms with Crippen LogP contribution in [0.1, 0.15) is 91.9 Å². The Balaban J connectivity index is 1.58. The van der Waals surface area contributed by atoms with E-state index in [2.05, 4.69) is 27.7 Å². The molecule has 0 radical (unpaired) electrons. The first-order valence-electron chi connectivity index (χ1n) is 11.1. The minimum absolute atomic E-state index is 0.0942. The third-order valence-electron chi connectivity index (χ3n) is 9.91. The van der Waals surface area contributed by atoms with Crippen molar-refractivity contribution in [2.24, 2.45) is 40.4 Å². The van der Waals surface area contributed by atoms with Gasteiger partial charge >= 0.3 is 0 Å². The highest BCUT2D eigenvalue weighted by atomic mass is 16.3. The van der Waals surface area contributed by atoms with Crippen molar-refractivity contribution in [2.45, 2.75) is 104 Å². The predicted molar refractivity (Wildman–Crippen MR) is 102 cm³/mol.